The lowest BCUT2D eigenvalue weighted by Gasteiger charge is -2.14. The van der Waals surface area contributed by atoms with E-state index in [4.69, 9.17) is 10.5 Å². The van der Waals surface area contributed by atoms with Crippen LogP contribution in [-0.4, -0.2) is 37.0 Å². The van der Waals surface area contributed by atoms with E-state index in [0.29, 0.717) is 6.54 Å². The molecule has 0 radical (unpaired) electrons. The molecule has 1 aromatic carbocycles. The molecule has 0 spiro atoms. The predicted octanol–water partition coefficient (Wildman–Crippen LogP) is 1.35. The topological polar surface area (TPSA) is 72.6 Å². The van der Waals surface area contributed by atoms with Crippen molar-refractivity contribution in [1.29, 1.82) is 0 Å². The van der Waals surface area contributed by atoms with Gasteiger partial charge in [0.1, 0.15) is 5.82 Å². The summed E-state index contributed by atoms with van der Waals surface area (Å²) in [5, 5.41) is 0. The SMILES string of the molecule is CCN(C)C(=O)COC(=O)c1cc(N)cc(C)c1F. The molecule has 1 rings (SSSR count). The molecule has 5 nitrogen and oxygen atoms in total. The number of hydrogen-bond acceptors (Lipinski definition) is 4. The van der Waals surface area contributed by atoms with Crippen LogP contribution < -0.4 is 5.73 Å². The minimum Gasteiger partial charge on any atom is -0.452 e. The highest BCUT2D eigenvalue weighted by Crippen LogP contribution is 2.17. The van der Waals surface area contributed by atoms with Crippen molar-refractivity contribution in [3.05, 3.63) is 29.1 Å². The molecule has 6 heteroatoms. The van der Waals surface area contributed by atoms with Crippen LogP contribution in [0.25, 0.3) is 0 Å². The largest absolute Gasteiger partial charge is 0.452 e. The van der Waals surface area contributed by atoms with Gasteiger partial charge in [-0.2, -0.15) is 0 Å². The number of aryl methyl sites for hydroxylation is 1. The van der Waals surface area contributed by atoms with Gasteiger partial charge in [0.15, 0.2) is 6.61 Å². The Morgan fingerprint density at radius 1 is 1.42 bits per heavy atom. The molecule has 0 bridgehead atoms. The number of ether oxygens (including phenoxy) is 1. The number of benzene rings is 1. The highest BCUT2D eigenvalue weighted by atomic mass is 19.1. The van der Waals surface area contributed by atoms with Gasteiger partial charge < -0.3 is 15.4 Å². The minimum atomic E-state index is -0.897. The summed E-state index contributed by atoms with van der Waals surface area (Å²) >= 11 is 0. The van der Waals surface area contributed by atoms with Crippen molar-refractivity contribution in [2.45, 2.75) is 13.8 Å². The summed E-state index contributed by atoms with van der Waals surface area (Å²) in [7, 11) is 1.58. The quantitative estimate of drug-likeness (QED) is 0.661. The van der Waals surface area contributed by atoms with Gasteiger partial charge in [-0.1, -0.05) is 0 Å². The molecule has 0 aliphatic carbocycles. The van der Waals surface area contributed by atoms with E-state index >= 15 is 0 Å². The van der Waals surface area contributed by atoms with E-state index in [-0.39, 0.29) is 22.7 Å². The van der Waals surface area contributed by atoms with Gasteiger partial charge in [-0.3, -0.25) is 4.79 Å². The number of carbonyl (C=O) groups excluding carboxylic acids is 2. The molecule has 19 heavy (non-hydrogen) atoms. The van der Waals surface area contributed by atoms with Crippen molar-refractivity contribution in [2.75, 3.05) is 25.9 Å². The monoisotopic (exact) mass is 268 g/mol. The molecule has 1 amide bonds. The minimum absolute atomic E-state index is 0.254. The van der Waals surface area contributed by atoms with Crippen LogP contribution in [0.1, 0.15) is 22.8 Å². The Balaban J connectivity index is 2.77. The third kappa shape index (κ3) is 3.67. The second-order valence-electron chi connectivity index (χ2n) is 4.18. The normalized spacial score (nSPS) is 10.1. The molecule has 0 saturated heterocycles. The van der Waals surface area contributed by atoms with Gasteiger partial charge in [0.25, 0.3) is 5.91 Å². The third-order valence-electron chi connectivity index (χ3n) is 2.72. The zero-order valence-corrected chi connectivity index (χ0v) is 11.2. The van der Waals surface area contributed by atoms with E-state index in [1.807, 2.05) is 0 Å². The molecular weight excluding hydrogens is 251 g/mol. The van der Waals surface area contributed by atoms with Crippen molar-refractivity contribution in [3.63, 3.8) is 0 Å². The summed E-state index contributed by atoms with van der Waals surface area (Å²) in [5.74, 6) is -1.93. The second-order valence-corrected chi connectivity index (χ2v) is 4.18. The van der Waals surface area contributed by atoms with Crippen LogP contribution in [0.4, 0.5) is 10.1 Å². The van der Waals surface area contributed by atoms with Crippen molar-refractivity contribution in [3.8, 4) is 0 Å². The zero-order chi connectivity index (χ0) is 14.6. The zero-order valence-electron chi connectivity index (χ0n) is 11.2. The first-order valence-corrected chi connectivity index (χ1v) is 5.83. The van der Waals surface area contributed by atoms with Gasteiger partial charge in [0.2, 0.25) is 0 Å². The van der Waals surface area contributed by atoms with E-state index in [0.717, 1.165) is 0 Å². The lowest BCUT2D eigenvalue weighted by molar-refractivity contribution is -0.133. The standard InChI is InChI=1S/C13H17FN2O3/c1-4-16(3)11(17)7-19-13(18)10-6-9(15)5-8(2)12(10)14/h5-6H,4,7,15H2,1-3H3. The van der Waals surface area contributed by atoms with Crippen LogP contribution >= 0.6 is 0 Å². The fourth-order valence-electron chi connectivity index (χ4n) is 1.44. The smallest absolute Gasteiger partial charge is 0.341 e. The van der Waals surface area contributed by atoms with E-state index in [1.54, 1.807) is 14.0 Å². The molecular formula is C13H17FN2O3. The molecule has 0 aromatic heterocycles. The van der Waals surface area contributed by atoms with Crippen molar-refractivity contribution < 1.29 is 18.7 Å². The first-order chi connectivity index (χ1) is 8.86. The number of hydrogen-bond donors (Lipinski definition) is 1. The summed E-state index contributed by atoms with van der Waals surface area (Å²) in [5.41, 5.74) is 5.80. The summed E-state index contributed by atoms with van der Waals surface area (Å²) < 4.78 is 18.5. The van der Waals surface area contributed by atoms with Gasteiger partial charge in [0, 0.05) is 19.3 Å². The van der Waals surface area contributed by atoms with E-state index in [9.17, 15) is 14.0 Å². The van der Waals surface area contributed by atoms with Crippen molar-refractivity contribution in [2.24, 2.45) is 0 Å². The first kappa shape index (κ1) is 14.9. The molecule has 1 aromatic rings. The number of likely N-dealkylation sites (N-methyl/N-ethyl adjacent to an activating group) is 1. The van der Waals surface area contributed by atoms with Gasteiger partial charge in [-0.05, 0) is 31.5 Å². The molecule has 0 aliphatic rings. The number of anilines is 1. The summed E-state index contributed by atoms with van der Waals surface area (Å²) in [6.45, 7) is 3.37. The number of nitrogen functional groups attached to an aromatic ring is 1. The molecule has 0 atom stereocenters. The van der Waals surface area contributed by atoms with Crippen molar-refractivity contribution >= 4 is 17.6 Å². The van der Waals surface area contributed by atoms with Gasteiger partial charge in [-0.15, -0.1) is 0 Å². The summed E-state index contributed by atoms with van der Waals surface area (Å²) in [6.07, 6.45) is 0. The highest BCUT2D eigenvalue weighted by Gasteiger charge is 2.18. The van der Waals surface area contributed by atoms with E-state index < -0.39 is 18.4 Å². The van der Waals surface area contributed by atoms with Crippen molar-refractivity contribution in [1.82, 2.24) is 4.90 Å². The number of nitrogens with zero attached hydrogens (tertiary/aromatic N) is 1. The first-order valence-electron chi connectivity index (χ1n) is 5.83. The predicted molar refractivity (Wildman–Crippen MR) is 69.1 cm³/mol. The Morgan fingerprint density at radius 2 is 2.05 bits per heavy atom. The Labute approximate surface area is 111 Å². The Bertz CT molecular complexity index is 503. The van der Waals surface area contributed by atoms with Crippen LogP contribution in [0.15, 0.2) is 12.1 Å². The number of esters is 1. The Kier molecular flexibility index (Phi) is 4.86. The lowest BCUT2D eigenvalue weighted by atomic mass is 10.1. The van der Waals surface area contributed by atoms with Crippen LogP contribution in [0.5, 0.6) is 0 Å². The molecule has 104 valence electrons. The van der Waals surface area contributed by atoms with Crippen LogP contribution in [0, 0.1) is 12.7 Å². The Morgan fingerprint density at radius 3 is 2.63 bits per heavy atom. The fourth-order valence-corrected chi connectivity index (χ4v) is 1.44. The van der Waals surface area contributed by atoms with Crippen LogP contribution in [-0.2, 0) is 9.53 Å². The number of amides is 1. The number of rotatable bonds is 4. The van der Waals surface area contributed by atoms with Gasteiger partial charge in [-0.25, -0.2) is 9.18 Å². The lowest BCUT2D eigenvalue weighted by Crippen LogP contribution is -2.31. The van der Waals surface area contributed by atoms with Gasteiger partial charge in [0.05, 0.1) is 5.56 Å². The number of carbonyl (C=O) groups is 2. The fraction of sp³-hybridized carbons (Fsp3) is 0.385. The maximum Gasteiger partial charge on any atom is 0.341 e. The van der Waals surface area contributed by atoms with E-state index in [2.05, 4.69) is 0 Å². The van der Waals surface area contributed by atoms with Crippen LogP contribution in [0.2, 0.25) is 0 Å². The average molecular weight is 268 g/mol. The molecule has 2 N–H and O–H groups in total. The molecule has 0 heterocycles. The summed E-state index contributed by atoms with van der Waals surface area (Å²) in [6, 6.07) is 2.61. The van der Waals surface area contributed by atoms with E-state index in [1.165, 1.54) is 24.0 Å². The maximum atomic E-state index is 13.7. The molecule has 0 aliphatic heterocycles. The summed E-state index contributed by atoms with van der Waals surface area (Å²) in [4.78, 5) is 24.6. The van der Waals surface area contributed by atoms with Gasteiger partial charge >= 0.3 is 5.97 Å². The number of nitrogens with two attached hydrogens (primary N) is 1. The number of halogens is 1. The second kappa shape index (κ2) is 6.17. The molecule has 0 fully saturated rings. The maximum absolute atomic E-state index is 13.7. The Hall–Kier alpha value is -2.11. The average Bonchev–Trinajstić information content (AvgIpc) is 2.38. The third-order valence-corrected chi connectivity index (χ3v) is 2.72. The van der Waals surface area contributed by atoms with Crippen LogP contribution in [0.3, 0.4) is 0 Å². The molecule has 0 unspecified atom stereocenters. The molecule has 0 saturated carbocycles. The highest BCUT2D eigenvalue weighted by molar-refractivity contribution is 5.92.